The van der Waals surface area contributed by atoms with E-state index in [1.165, 1.54) is 0 Å². The summed E-state index contributed by atoms with van der Waals surface area (Å²) in [6, 6.07) is 7.78. The molecule has 0 aliphatic heterocycles. The molecule has 18 heavy (non-hydrogen) atoms. The van der Waals surface area contributed by atoms with Crippen molar-refractivity contribution < 1.29 is 0 Å². The van der Waals surface area contributed by atoms with Crippen LogP contribution in [0.3, 0.4) is 0 Å². The molecule has 0 aliphatic carbocycles. The highest BCUT2D eigenvalue weighted by Gasteiger charge is 2.11. The maximum Gasteiger partial charge on any atom is 0.191 e. The van der Waals surface area contributed by atoms with E-state index in [1.54, 1.807) is 0 Å². The van der Waals surface area contributed by atoms with E-state index >= 15 is 0 Å². The molecule has 0 heterocycles. The number of hydrogen-bond acceptors (Lipinski definition) is 1. The van der Waals surface area contributed by atoms with E-state index in [-0.39, 0.29) is 5.54 Å². The Morgan fingerprint density at radius 3 is 2.50 bits per heavy atom. The molecule has 2 N–H and O–H groups in total. The predicted molar refractivity (Wildman–Crippen MR) is 79.2 cm³/mol. The molecule has 0 radical (unpaired) electrons. The van der Waals surface area contributed by atoms with Gasteiger partial charge in [0.1, 0.15) is 0 Å². The number of rotatable bonds is 3. The van der Waals surface area contributed by atoms with E-state index in [0.29, 0.717) is 6.54 Å². The van der Waals surface area contributed by atoms with Crippen LogP contribution in [-0.2, 0) is 6.54 Å². The molecule has 1 rings (SSSR count). The average molecular weight is 268 g/mol. The van der Waals surface area contributed by atoms with Crippen LogP contribution in [0.25, 0.3) is 0 Å². The molecule has 0 unspecified atom stereocenters. The van der Waals surface area contributed by atoms with E-state index in [4.69, 9.17) is 11.6 Å². The quantitative estimate of drug-likeness (QED) is 0.652. The van der Waals surface area contributed by atoms with Gasteiger partial charge in [-0.25, -0.2) is 4.99 Å². The first kappa shape index (κ1) is 14.8. The van der Waals surface area contributed by atoms with Crippen LogP contribution in [0, 0.1) is 0 Å². The highest BCUT2D eigenvalue weighted by Crippen LogP contribution is 2.15. The van der Waals surface area contributed by atoms with E-state index < -0.39 is 0 Å². The Labute approximate surface area is 115 Å². The summed E-state index contributed by atoms with van der Waals surface area (Å²) in [5.74, 6) is 0.810. The molecule has 0 aliphatic rings. The van der Waals surface area contributed by atoms with Gasteiger partial charge >= 0.3 is 0 Å². The maximum atomic E-state index is 6.11. The number of halogens is 1. The van der Waals surface area contributed by atoms with Crippen LogP contribution in [0.5, 0.6) is 0 Å². The minimum atomic E-state index is -0.0124. The Morgan fingerprint density at radius 2 is 1.94 bits per heavy atom. The van der Waals surface area contributed by atoms with Gasteiger partial charge in [-0.2, -0.15) is 0 Å². The van der Waals surface area contributed by atoms with Gasteiger partial charge in [0.05, 0.1) is 6.54 Å². The van der Waals surface area contributed by atoms with E-state index in [9.17, 15) is 0 Å². The average Bonchev–Trinajstić information content (AvgIpc) is 2.26. The van der Waals surface area contributed by atoms with Gasteiger partial charge in [0, 0.05) is 17.1 Å². The minimum absolute atomic E-state index is 0.0124. The van der Waals surface area contributed by atoms with Crippen LogP contribution in [-0.4, -0.2) is 18.0 Å². The number of aliphatic imine (C=N–C) groups is 1. The van der Waals surface area contributed by atoms with Gasteiger partial charge < -0.3 is 10.6 Å². The zero-order valence-corrected chi connectivity index (χ0v) is 12.3. The molecule has 3 nitrogen and oxygen atoms in total. The van der Waals surface area contributed by atoms with E-state index in [0.717, 1.165) is 23.1 Å². The molecule has 4 heteroatoms. The molecule has 0 aromatic heterocycles. The van der Waals surface area contributed by atoms with Crippen molar-refractivity contribution in [2.75, 3.05) is 6.54 Å². The van der Waals surface area contributed by atoms with Crippen LogP contribution in [0.2, 0.25) is 5.02 Å². The molecule has 1 aromatic rings. The Kier molecular flexibility index (Phi) is 5.48. The zero-order chi connectivity index (χ0) is 13.6. The first-order valence-electron chi connectivity index (χ1n) is 6.22. The van der Waals surface area contributed by atoms with Crippen LogP contribution in [0.1, 0.15) is 33.3 Å². The lowest BCUT2D eigenvalue weighted by molar-refractivity contribution is 0.501. The molecule has 0 saturated carbocycles. The fourth-order valence-corrected chi connectivity index (χ4v) is 1.65. The van der Waals surface area contributed by atoms with Crippen LogP contribution < -0.4 is 10.6 Å². The molecule has 1 aromatic carbocycles. The summed E-state index contributed by atoms with van der Waals surface area (Å²) in [4.78, 5) is 4.54. The van der Waals surface area contributed by atoms with Crippen LogP contribution in [0.4, 0.5) is 0 Å². The van der Waals surface area contributed by atoms with Crippen molar-refractivity contribution in [2.45, 2.75) is 39.8 Å². The van der Waals surface area contributed by atoms with Crippen LogP contribution in [0.15, 0.2) is 29.3 Å². The summed E-state index contributed by atoms with van der Waals surface area (Å²) in [5, 5.41) is 7.32. The van der Waals surface area contributed by atoms with Gasteiger partial charge in [-0.1, -0.05) is 29.8 Å². The van der Waals surface area contributed by atoms with Crippen molar-refractivity contribution >= 4 is 17.6 Å². The van der Waals surface area contributed by atoms with Crippen molar-refractivity contribution in [3.05, 3.63) is 34.9 Å². The van der Waals surface area contributed by atoms with E-state index in [1.807, 2.05) is 24.3 Å². The number of benzene rings is 1. The molecule has 100 valence electrons. The lowest BCUT2D eigenvalue weighted by atomic mass is 10.1. The fourth-order valence-electron chi connectivity index (χ4n) is 1.45. The summed E-state index contributed by atoms with van der Waals surface area (Å²) in [5.41, 5.74) is 1.02. The smallest absolute Gasteiger partial charge is 0.191 e. The summed E-state index contributed by atoms with van der Waals surface area (Å²) in [6.45, 7) is 9.78. The van der Waals surface area contributed by atoms with Crippen molar-refractivity contribution in [3.63, 3.8) is 0 Å². The fraction of sp³-hybridized carbons (Fsp3) is 0.500. The van der Waals surface area contributed by atoms with Gasteiger partial charge in [0.15, 0.2) is 5.96 Å². The molecule has 0 spiro atoms. The van der Waals surface area contributed by atoms with Crippen molar-refractivity contribution in [1.82, 2.24) is 10.6 Å². The molecule has 0 atom stereocenters. The van der Waals surface area contributed by atoms with Gasteiger partial charge in [-0.15, -0.1) is 0 Å². The van der Waals surface area contributed by atoms with Gasteiger partial charge in [-0.3, -0.25) is 0 Å². The summed E-state index contributed by atoms with van der Waals surface area (Å²) < 4.78 is 0. The van der Waals surface area contributed by atoms with Crippen molar-refractivity contribution in [3.8, 4) is 0 Å². The lowest BCUT2D eigenvalue weighted by Gasteiger charge is -2.23. The third-order valence-corrected chi connectivity index (χ3v) is 2.57. The second-order valence-electron chi connectivity index (χ2n) is 5.16. The van der Waals surface area contributed by atoms with Gasteiger partial charge in [-0.05, 0) is 39.3 Å². The second kappa shape index (κ2) is 6.64. The lowest BCUT2D eigenvalue weighted by Crippen LogP contribution is -2.47. The monoisotopic (exact) mass is 267 g/mol. The number of guanidine groups is 1. The Hall–Kier alpha value is -1.22. The Balaban J connectivity index is 2.74. The molecule has 0 saturated heterocycles. The summed E-state index contributed by atoms with van der Waals surface area (Å²) >= 11 is 6.11. The van der Waals surface area contributed by atoms with Crippen LogP contribution >= 0.6 is 11.6 Å². The number of hydrogen-bond donors (Lipinski definition) is 2. The van der Waals surface area contributed by atoms with Gasteiger partial charge in [0.2, 0.25) is 0 Å². The van der Waals surface area contributed by atoms with Crippen molar-refractivity contribution in [2.24, 2.45) is 4.99 Å². The largest absolute Gasteiger partial charge is 0.357 e. The third-order valence-electron chi connectivity index (χ3n) is 2.20. The van der Waals surface area contributed by atoms with Gasteiger partial charge in [0.25, 0.3) is 0 Å². The predicted octanol–water partition coefficient (Wildman–Crippen LogP) is 3.19. The topological polar surface area (TPSA) is 36.4 Å². The highest BCUT2D eigenvalue weighted by molar-refractivity contribution is 6.31. The molecule has 0 bridgehead atoms. The molecular formula is C14H22ClN3. The minimum Gasteiger partial charge on any atom is -0.357 e. The molecule has 0 fully saturated rings. The molecule has 0 amide bonds. The Bertz CT molecular complexity index is 408. The standard InChI is InChI=1S/C14H22ClN3/c1-5-16-13(18-14(2,3)4)17-10-11-8-6-7-9-12(11)15/h6-9H,5,10H2,1-4H3,(H2,16,17,18). The van der Waals surface area contributed by atoms with Crippen molar-refractivity contribution in [1.29, 1.82) is 0 Å². The third kappa shape index (κ3) is 5.41. The number of nitrogens with one attached hydrogen (secondary N) is 2. The SMILES string of the molecule is CCNC(=NCc1ccccc1Cl)NC(C)(C)C. The Morgan fingerprint density at radius 1 is 1.28 bits per heavy atom. The summed E-state index contributed by atoms with van der Waals surface area (Å²) in [6.07, 6.45) is 0. The molecular weight excluding hydrogens is 246 g/mol. The zero-order valence-electron chi connectivity index (χ0n) is 11.5. The summed E-state index contributed by atoms with van der Waals surface area (Å²) in [7, 11) is 0. The van der Waals surface area contributed by atoms with E-state index in [2.05, 4.69) is 43.3 Å². The highest BCUT2D eigenvalue weighted by atomic mass is 35.5. The second-order valence-corrected chi connectivity index (χ2v) is 5.57. The first-order valence-corrected chi connectivity index (χ1v) is 6.60. The normalized spacial score (nSPS) is 12.4. The first-order chi connectivity index (χ1) is 8.42. The number of nitrogens with zero attached hydrogens (tertiary/aromatic N) is 1. The maximum absolute atomic E-state index is 6.11.